The van der Waals surface area contributed by atoms with E-state index in [9.17, 15) is 0 Å². The van der Waals surface area contributed by atoms with Crippen LogP contribution in [0.1, 0.15) is 46.5 Å². The van der Waals surface area contributed by atoms with Crippen molar-refractivity contribution in [1.82, 2.24) is 0 Å². The maximum atomic E-state index is 7.33. The normalized spacial score (nSPS) is 23.4. The Morgan fingerprint density at radius 1 is 0.900 bits per heavy atom. The van der Waals surface area contributed by atoms with Gasteiger partial charge in [0.25, 0.3) is 8.32 Å². The molecule has 2 aromatic carbocycles. The maximum absolute atomic E-state index is 7.33. The summed E-state index contributed by atoms with van der Waals surface area (Å²) < 4.78 is 19.3. The fourth-order valence-corrected chi connectivity index (χ4v) is 10.3. The quantitative estimate of drug-likeness (QED) is 0.536. The highest BCUT2D eigenvalue weighted by atomic mass is 28.4. The average molecular weight is 421 g/mol. The SMILES string of the molecule is CC(C)(C)[Si](O[C@@H]1CC2=C1CCC1(C2)OCCO1)(c1ccccc1)c1ccccc1. The highest BCUT2D eigenvalue weighted by Gasteiger charge is 2.54. The first-order valence-corrected chi connectivity index (χ1v) is 13.1. The molecule has 30 heavy (non-hydrogen) atoms. The molecule has 158 valence electrons. The van der Waals surface area contributed by atoms with Gasteiger partial charge in [-0.2, -0.15) is 0 Å². The van der Waals surface area contributed by atoms with Crippen LogP contribution in [0, 0.1) is 0 Å². The molecule has 2 aliphatic carbocycles. The molecule has 4 heteroatoms. The number of rotatable bonds is 4. The van der Waals surface area contributed by atoms with Gasteiger partial charge in [-0.05, 0) is 33.8 Å². The second-order valence-corrected chi connectivity index (χ2v) is 14.1. The largest absolute Gasteiger partial charge is 0.400 e. The Labute approximate surface area is 181 Å². The van der Waals surface area contributed by atoms with Crippen LogP contribution in [0.3, 0.4) is 0 Å². The lowest BCUT2D eigenvalue weighted by Crippen LogP contribution is -2.68. The van der Waals surface area contributed by atoms with Crippen LogP contribution in [0.2, 0.25) is 5.04 Å². The molecule has 0 bridgehead atoms. The van der Waals surface area contributed by atoms with Crippen LogP contribution in [0.4, 0.5) is 0 Å². The van der Waals surface area contributed by atoms with Crippen LogP contribution in [0.5, 0.6) is 0 Å². The molecular formula is C26H32O3Si. The average Bonchev–Trinajstić information content (AvgIpc) is 3.18. The zero-order valence-corrected chi connectivity index (χ0v) is 19.3. The van der Waals surface area contributed by atoms with Crippen molar-refractivity contribution in [3.8, 4) is 0 Å². The fraction of sp³-hybridized carbons (Fsp3) is 0.462. The molecule has 5 rings (SSSR count). The van der Waals surface area contributed by atoms with E-state index in [0.717, 1.165) is 38.9 Å². The van der Waals surface area contributed by atoms with Gasteiger partial charge in [0, 0.05) is 12.8 Å². The van der Waals surface area contributed by atoms with E-state index in [2.05, 4.69) is 81.4 Å². The summed E-state index contributed by atoms with van der Waals surface area (Å²) in [6, 6.07) is 21.9. The van der Waals surface area contributed by atoms with E-state index < -0.39 is 8.32 Å². The summed E-state index contributed by atoms with van der Waals surface area (Å²) in [6.07, 6.45) is 4.12. The molecule has 1 atom stereocenters. The Balaban J connectivity index is 1.52. The number of hydrogen-bond acceptors (Lipinski definition) is 3. The monoisotopic (exact) mass is 420 g/mol. The summed E-state index contributed by atoms with van der Waals surface area (Å²) in [5.74, 6) is -0.346. The molecule has 1 heterocycles. The van der Waals surface area contributed by atoms with Gasteiger partial charge >= 0.3 is 0 Å². The van der Waals surface area contributed by atoms with Gasteiger partial charge in [-0.25, -0.2) is 0 Å². The minimum atomic E-state index is -2.50. The highest BCUT2D eigenvalue weighted by Crippen LogP contribution is 2.50. The second kappa shape index (κ2) is 7.45. The number of benzene rings is 2. The Hall–Kier alpha value is -1.72. The van der Waals surface area contributed by atoms with Crippen LogP contribution in [0.15, 0.2) is 71.8 Å². The summed E-state index contributed by atoms with van der Waals surface area (Å²) in [6.45, 7) is 8.50. The van der Waals surface area contributed by atoms with E-state index in [1.807, 2.05) is 0 Å². The van der Waals surface area contributed by atoms with Gasteiger partial charge in [0.1, 0.15) is 0 Å². The first-order valence-electron chi connectivity index (χ1n) is 11.2. The third kappa shape index (κ3) is 3.21. The summed E-state index contributed by atoms with van der Waals surface area (Å²) in [5.41, 5.74) is 3.01. The third-order valence-electron chi connectivity index (χ3n) is 7.08. The first-order chi connectivity index (χ1) is 14.4. The predicted molar refractivity (Wildman–Crippen MR) is 123 cm³/mol. The van der Waals surface area contributed by atoms with Crippen LogP contribution < -0.4 is 10.4 Å². The van der Waals surface area contributed by atoms with Crippen molar-refractivity contribution in [2.75, 3.05) is 13.2 Å². The minimum absolute atomic E-state index is 0.0135. The molecule has 1 aliphatic heterocycles. The summed E-state index contributed by atoms with van der Waals surface area (Å²) in [4.78, 5) is 0. The fourth-order valence-electron chi connectivity index (χ4n) is 5.60. The molecule has 1 fully saturated rings. The standard InChI is InChI=1S/C26H32O3Si/c1-25(2,3)30(21-10-6-4-7-11-21,22-12-8-5-9-13-22)29-24-18-20-19-26(15-14-23(20)24)27-16-17-28-26/h4-13,24H,14-19H2,1-3H3/t24-/m1/s1. The second-order valence-electron chi connectivity index (χ2n) is 9.89. The van der Waals surface area contributed by atoms with Gasteiger partial charge in [0.05, 0.1) is 19.3 Å². The molecule has 0 N–H and O–H groups in total. The lowest BCUT2D eigenvalue weighted by atomic mass is 9.74. The zero-order valence-electron chi connectivity index (χ0n) is 18.3. The summed E-state index contributed by atoms with van der Waals surface area (Å²) in [7, 11) is -2.50. The van der Waals surface area contributed by atoms with E-state index in [-0.39, 0.29) is 16.9 Å². The molecule has 3 aliphatic rings. The van der Waals surface area contributed by atoms with Crippen LogP contribution >= 0.6 is 0 Å². The van der Waals surface area contributed by atoms with Gasteiger partial charge in [-0.1, -0.05) is 87.0 Å². The minimum Gasteiger partial charge on any atom is -0.400 e. The number of hydrogen-bond donors (Lipinski definition) is 0. The molecule has 0 radical (unpaired) electrons. The predicted octanol–water partition coefficient (Wildman–Crippen LogP) is 4.56. The summed E-state index contributed by atoms with van der Waals surface area (Å²) >= 11 is 0. The van der Waals surface area contributed by atoms with Crippen molar-refractivity contribution in [1.29, 1.82) is 0 Å². The van der Waals surface area contributed by atoms with Crippen LogP contribution in [-0.4, -0.2) is 33.4 Å². The molecule has 0 unspecified atom stereocenters. The van der Waals surface area contributed by atoms with Gasteiger partial charge in [0.2, 0.25) is 0 Å². The molecule has 0 amide bonds. The van der Waals surface area contributed by atoms with Crippen molar-refractivity contribution < 1.29 is 13.9 Å². The van der Waals surface area contributed by atoms with E-state index in [4.69, 9.17) is 13.9 Å². The van der Waals surface area contributed by atoms with Crippen molar-refractivity contribution in [2.45, 2.75) is 63.4 Å². The van der Waals surface area contributed by atoms with Crippen LogP contribution in [-0.2, 0) is 13.9 Å². The van der Waals surface area contributed by atoms with E-state index in [0.29, 0.717) is 0 Å². The maximum Gasteiger partial charge on any atom is 0.261 e. The van der Waals surface area contributed by atoms with Gasteiger partial charge in [-0.3, -0.25) is 0 Å². The molecule has 1 saturated heterocycles. The lowest BCUT2D eigenvalue weighted by molar-refractivity contribution is -0.167. The van der Waals surface area contributed by atoms with E-state index >= 15 is 0 Å². The lowest BCUT2D eigenvalue weighted by Gasteiger charge is -2.50. The smallest absolute Gasteiger partial charge is 0.261 e. The Bertz CT molecular complexity index is 884. The van der Waals surface area contributed by atoms with Gasteiger partial charge in [0.15, 0.2) is 5.79 Å². The molecular weight excluding hydrogens is 388 g/mol. The van der Waals surface area contributed by atoms with E-state index in [1.165, 1.54) is 21.5 Å². The van der Waals surface area contributed by atoms with Gasteiger partial charge in [-0.15, -0.1) is 0 Å². The molecule has 2 aromatic rings. The van der Waals surface area contributed by atoms with Crippen LogP contribution in [0.25, 0.3) is 0 Å². The Morgan fingerprint density at radius 2 is 1.47 bits per heavy atom. The highest BCUT2D eigenvalue weighted by molar-refractivity contribution is 6.99. The molecule has 0 saturated carbocycles. The Morgan fingerprint density at radius 3 is 1.97 bits per heavy atom. The topological polar surface area (TPSA) is 27.7 Å². The molecule has 1 spiro atoms. The zero-order chi connectivity index (χ0) is 20.8. The van der Waals surface area contributed by atoms with Crippen molar-refractivity contribution in [3.63, 3.8) is 0 Å². The van der Waals surface area contributed by atoms with Crippen molar-refractivity contribution in [2.24, 2.45) is 0 Å². The Kier molecular flexibility index (Phi) is 5.02. The first kappa shape index (κ1) is 20.2. The molecule has 3 nitrogen and oxygen atoms in total. The summed E-state index contributed by atoms with van der Waals surface area (Å²) in [5, 5.41) is 2.72. The van der Waals surface area contributed by atoms with E-state index in [1.54, 1.807) is 0 Å². The van der Waals surface area contributed by atoms with Crippen molar-refractivity contribution >= 4 is 18.7 Å². The molecule has 0 aromatic heterocycles. The third-order valence-corrected chi connectivity index (χ3v) is 12.1. The van der Waals surface area contributed by atoms with Crippen molar-refractivity contribution in [3.05, 3.63) is 71.8 Å². The van der Waals surface area contributed by atoms with Gasteiger partial charge < -0.3 is 13.9 Å². The number of ether oxygens (including phenoxy) is 2.